The molecule has 0 aromatic rings. The standard InChI is InChI=1S/C8H10O10S.Ni/c9-5(10)1-2-7(13)18-19(16,17)4(8(14)15)3-6(11)12;/h4H,1-3H2,(H,9,10)(H,11,12)(H,14,15);/q;+2/p-2. The maximum absolute atomic E-state index is 11.3. The van der Waals surface area contributed by atoms with Crippen molar-refractivity contribution < 1.29 is 63.6 Å². The number of carbonyl (C=O) groups is 4. The van der Waals surface area contributed by atoms with E-state index < -0.39 is 58.5 Å². The predicted octanol–water partition coefficient (Wildman–Crippen LogP) is -4.02. The monoisotopic (exact) mass is 354 g/mol. The molecule has 0 aromatic heterocycles. The van der Waals surface area contributed by atoms with Crippen molar-refractivity contribution in [2.24, 2.45) is 0 Å². The summed E-state index contributed by atoms with van der Waals surface area (Å²) in [5.74, 6) is -7.21. The fourth-order valence-corrected chi connectivity index (χ4v) is 1.93. The maximum Gasteiger partial charge on any atom is 2.00 e. The first-order valence-electron chi connectivity index (χ1n) is 4.65. The Hall–Kier alpha value is -1.68. The summed E-state index contributed by atoms with van der Waals surface area (Å²) in [7, 11) is -5.09. The number of carboxylic acids is 3. The molecule has 12 heteroatoms. The smallest absolute Gasteiger partial charge is 0.550 e. The van der Waals surface area contributed by atoms with Crippen LogP contribution in [0.3, 0.4) is 0 Å². The van der Waals surface area contributed by atoms with E-state index in [4.69, 9.17) is 5.11 Å². The van der Waals surface area contributed by atoms with Crippen LogP contribution in [0, 0.1) is 0 Å². The van der Waals surface area contributed by atoms with Gasteiger partial charge in [-0.1, -0.05) is 0 Å². The van der Waals surface area contributed by atoms with Gasteiger partial charge < -0.3 is 29.1 Å². The van der Waals surface area contributed by atoms with E-state index in [0.717, 1.165) is 0 Å². The summed E-state index contributed by atoms with van der Waals surface area (Å²) in [5, 5.41) is 26.2. The predicted molar refractivity (Wildman–Crippen MR) is 50.3 cm³/mol. The topological polar surface area (TPSA) is 178 Å². The van der Waals surface area contributed by atoms with Crippen LogP contribution in [0.5, 0.6) is 0 Å². The third-order valence-corrected chi connectivity index (χ3v) is 3.19. The Bertz CT molecular complexity index is 495. The van der Waals surface area contributed by atoms with E-state index in [2.05, 4.69) is 4.18 Å². The zero-order chi connectivity index (χ0) is 15.2. The fraction of sp³-hybridized carbons (Fsp3) is 0.500. The maximum atomic E-state index is 11.3. The summed E-state index contributed by atoms with van der Waals surface area (Å²) in [5.41, 5.74) is 0. The van der Waals surface area contributed by atoms with Gasteiger partial charge in [-0.3, -0.25) is 9.59 Å². The van der Waals surface area contributed by atoms with Gasteiger partial charge in [0.05, 0.1) is 18.8 Å². The Morgan fingerprint density at radius 1 is 1.10 bits per heavy atom. The van der Waals surface area contributed by atoms with E-state index in [1.54, 1.807) is 0 Å². The quantitative estimate of drug-likeness (QED) is 0.333. The summed E-state index contributed by atoms with van der Waals surface area (Å²) < 4.78 is 26.3. The average molecular weight is 355 g/mol. The van der Waals surface area contributed by atoms with E-state index >= 15 is 0 Å². The van der Waals surface area contributed by atoms with Gasteiger partial charge in [-0.25, -0.2) is 0 Å². The summed E-state index contributed by atoms with van der Waals surface area (Å²) in [6.45, 7) is 0. The molecule has 116 valence electrons. The second kappa shape index (κ2) is 8.49. The Morgan fingerprint density at radius 3 is 1.95 bits per heavy atom. The first-order valence-corrected chi connectivity index (χ1v) is 6.12. The molecule has 0 saturated carbocycles. The van der Waals surface area contributed by atoms with Crippen molar-refractivity contribution in [2.45, 2.75) is 24.5 Å². The van der Waals surface area contributed by atoms with Crippen molar-refractivity contribution >= 4 is 34.0 Å². The fourth-order valence-electron chi connectivity index (χ4n) is 0.893. The van der Waals surface area contributed by atoms with Crippen molar-refractivity contribution in [3.63, 3.8) is 0 Å². The van der Waals surface area contributed by atoms with Crippen LogP contribution in [-0.2, 0) is 50.0 Å². The third kappa shape index (κ3) is 7.69. The SMILES string of the molecule is O=C([O-])CC(C(=O)[O-])S(=O)(=O)OC(=O)CCC(=O)O.[Ni+2]. The zero-order valence-electron chi connectivity index (χ0n) is 9.54. The molecule has 0 spiro atoms. The van der Waals surface area contributed by atoms with Crippen LogP contribution in [0.25, 0.3) is 0 Å². The van der Waals surface area contributed by atoms with E-state index in [1.807, 2.05) is 0 Å². The summed E-state index contributed by atoms with van der Waals surface area (Å²) in [4.78, 5) is 41.7. The van der Waals surface area contributed by atoms with Crippen molar-refractivity contribution in [3.05, 3.63) is 0 Å². The normalized spacial score (nSPS) is 11.8. The summed E-state index contributed by atoms with van der Waals surface area (Å²) >= 11 is 0. The molecular formula is C8H8NiO10S. The molecule has 0 aliphatic carbocycles. The van der Waals surface area contributed by atoms with Crippen LogP contribution in [-0.4, -0.2) is 42.7 Å². The Labute approximate surface area is 122 Å². The number of carbonyl (C=O) groups excluding carboxylic acids is 3. The molecule has 0 bridgehead atoms. The van der Waals surface area contributed by atoms with Gasteiger partial charge in [0.1, 0.15) is 5.25 Å². The van der Waals surface area contributed by atoms with Gasteiger partial charge >= 0.3 is 38.5 Å². The van der Waals surface area contributed by atoms with E-state index in [1.165, 1.54) is 0 Å². The molecular weight excluding hydrogens is 347 g/mol. The molecule has 20 heavy (non-hydrogen) atoms. The van der Waals surface area contributed by atoms with Crippen molar-refractivity contribution in [3.8, 4) is 0 Å². The van der Waals surface area contributed by atoms with Gasteiger partial charge in [0.25, 0.3) is 0 Å². The Kier molecular flexibility index (Phi) is 8.76. The van der Waals surface area contributed by atoms with Crippen LogP contribution in [0.1, 0.15) is 19.3 Å². The Morgan fingerprint density at radius 2 is 1.60 bits per heavy atom. The number of rotatable bonds is 8. The molecule has 0 fully saturated rings. The minimum absolute atomic E-state index is 0. The molecule has 1 unspecified atom stereocenters. The van der Waals surface area contributed by atoms with Crippen LogP contribution < -0.4 is 10.2 Å². The first kappa shape index (κ1) is 20.6. The molecule has 0 heterocycles. The molecule has 1 N–H and O–H groups in total. The molecule has 0 rings (SSSR count). The molecule has 0 saturated heterocycles. The molecule has 1 atom stereocenters. The largest absolute Gasteiger partial charge is 2.00 e. The second-order valence-corrected chi connectivity index (χ2v) is 4.95. The molecule has 0 aromatic carbocycles. The number of hydrogen-bond donors (Lipinski definition) is 1. The molecule has 10 nitrogen and oxygen atoms in total. The minimum atomic E-state index is -5.09. The van der Waals surface area contributed by atoms with E-state index in [9.17, 15) is 37.8 Å². The van der Waals surface area contributed by atoms with Crippen LogP contribution >= 0.6 is 0 Å². The van der Waals surface area contributed by atoms with Gasteiger partial charge in [0, 0.05) is 12.4 Å². The molecule has 0 amide bonds. The molecule has 0 aliphatic heterocycles. The van der Waals surface area contributed by atoms with Crippen LogP contribution in [0.15, 0.2) is 0 Å². The average Bonchev–Trinajstić information content (AvgIpc) is 2.21. The van der Waals surface area contributed by atoms with Crippen LogP contribution in [0.2, 0.25) is 0 Å². The Balaban J connectivity index is 0. The first-order chi connectivity index (χ1) is 8.56. The zero-order valence-corrected chi connectivity index (χ0v) is 11.3. The van der Waals surface area contributed by atoms with Gasteiger partial charge in [0.15, 0.2) is 0 Å². The minimum Gasteiger partial charge on any atom is -0.550 e. The van der Waals surface area contributed by atoms with E-state index in [-0.39, 0.29) is 16.5 Å². The molecule has 0 aliphatic rings. The summed E-state index contributed by atoms with van der Waals surface area (Å²) in [6, 6.07) is 0. The van der Waals surface area contributed by atoms with Gasteiger partial charge in [0.2, 0.25) is 0 Å². The van der Waals surface area contributed by atoms with E-state index in [0.29, 0.717) is 0 Å². The van der Waals surface area contributed by atoms with Gasteiger partial charge in [-0.15, -0.1) is 0 Å². The number of aliphatic carboxylic acids is 3. The number of hydrogen-bond acceptors (Lipinski definition) is 9. The van der Waals surface area contributed by atoms with Gasteiger partial charge in [-0.05, 0) is 0 Å². The second-order valence-electron chi connectivity index (χ2n) is 3.23. The van der Waals surface area contributed by atoms with Crippen molar-refractivity contribution in [2.75, 3.05) is 0 Å². The van der Waals surface area contributed by atoms with Gasteiger partial charge in [-0.2, -0.15) is 8.42 Å². The van der Waals surface area contributed by atoms with Crippen molar-refractivity contribution in [1.82, 2.24) is 0 Å². The third-order valence-electron chi connectivity index (χ3n) is 1.72. The number of carboxylic acid groups (broad SMARTS) is 3. The molecule has 0 radical (unpaired) electrons. The van der Waals surface area contributed by atoms with Crippen LogP contribution in [0.4, 0.5) is 0 Å². The van der Waals surface area contributed by atoms with Crippen molar-refractivity contribution in [1.29, 1.82) is 0 Å². The summed E-state index contributed by atoms with van der Waals surface area (Å²) in [6.07, 6.45) is -3.01.